The molecule has 1 aromatic carbocycles. The Hall–Kier alpha value is -3.60. The number of fused-ring (bicyclic) bond motifs is 1. The van der Waals surface area contributed by atoms with Crippen molar-refractivity contribution in [2.24, 2.45) is 0 Å². The van der Waals surface area contributed by atoms with Gasteiger partial charge in [0.2, 0.25) is 10.0 Å². The van der Waals surface area contributed by atoms with E-state index in [0.29, 0.717) is 33.5 Å². The highest BCUT2D eigenvalue weighted by Crippen LogP contribution is 2.32. The van der Waals surface area contributed by atoms with Crippen LogP contribution in [-0.2, 0) is 10.0 Å². The molecule has 0 amide bonds. The monoisotopic (exact) mass is 494 g/mol. The van der Waals surface area contributed by atoms with Gasteiger partial charge >= 0.3 is 0 Å². The number of pyridine rings is 2. The lowest BCUT2D eigenvalue weighted by Crippen LogP contribution is -2.28. The molecule has 0 fully saturated rings. The number of hydrogen-bond acceptors (Lipinski definition) is 8. The number of aliphatic hydroxyl groups is 1. The number of aryl methyl sites for hydroxylation is 1. The summed E-state index contributed by atoms with van der Waals surface area (Å²) in [5, 5.41) is 14.1. The first-order valence-corrected chi connectivity index (χ1v) is 12.8. The third-order valence-corrected chi connectivity index (χ3v) is 6.23. The van der Waals surface area contributed by atoms with Crippen LogP contribution < -0.4 is 15.5 Å². The van der Waals surface area contributed by atoms with Crippen molar-refractivity contribution in [3.63, 3.8) is 0 Å². The summed E-state index contributed by atoms with van der Waals surface area (Å²) < 4.78 is 31.6. The van der Waals surface area contributed by atoms with Crippen molar-refractivity contribution >= 4 is 26.7 Å². The zero-order chi connectivity index (χ0) is 25.3. The summed E-state index contributed by atoms with van der Waals surface area (Å²) in [6, 6.07) is 10.3. The molecule has 9 nitrogen and oxygen atoms in total. The number of benzene rings is 1. The van der Waals surface area contributed by atoms with E-state index in [1.807, 2.05) is 26.0 Å². The van der Waals surface area contributed by atoms with Gasteiger partial charge in [0.1, 0.15) is 17.0 Å². The number of hydrogen-bond donors (Lipinski definition) is 3. The fourth-order valence-corrected chi connectivity index (χ4v) is 4.51. The first kappa shape index (κ1) is 24.5. The van der Waals surface area contributed by atoms with Crippen molar-refractivity contribution in [3.8, 4) is 11.3 Å². The van der Waals surface area contributed by atoms with Crippen LogP contribution in [0.3, 0.4) is 0 Å². The maximum absolute atomic E-state index is 13.3. The largest absolute Gasteiger partial charge is 0.455 e. The molecule has 2 unspecified atom stereocenters. The molecule has 2 atom stereocenters. The third-order valence-electron chi connectivity index (χ3n) is 5.58. The van der Waals surface area contributed by atoms with E-state index in [2.05, 4.69) is 20.0 Å². The Balaban J connectivity index is 1.81. The SMILES string of the molecule is Cc1cc(C(C)Nc2cccnc2C(O)NS(C)(=O)=O)c2oc(-c3cccnc3)c(C)c(=O)c2c1. The highest BCUT2D eigenvalue weighted by molar-refractivity contribution is 7.88. The van der Waals surface area contributed by atoms with E-state index in [-0.39, 0.29) is 11.1 Å². The summed E-state index contributed by atoms with van der Waals surface area (Å²) in [5.41, 5.74) is 3.65. The number of aromatic nitrogens is 2. The summed E-state index contributed by atoms with van der Waals surface area (Å²) in [4.78, 5) is 21.6. The minimum absolute atomic E-state index is 0.120. The highest BCUT2D eigenvalue weighted by Gasteiger charge is 2.22. The molecule has 0 aliphatic heterocycles. The zero-order valence-electron chi connectivity index (χ0n) is 19.7. The number of anilines is 1. The summed E-state index contributed by atoms with van der Waals surface area (Å²) in [5.74, 6) is 0.447. The second kappa shape index (κ2) is 9.57. The second-order valence-corrected chi connectivity index (χ2v) is 10.2. The molecule has 3 N–H and O–H groups in total. The number of rotatable bonds is 7. The first-order valence-electron chi connectivity index (χ1n) is 10.9. The predicted octanol–water partition coefficient (Wildman–Crippen LogP) is 3.58. The maximum atomic E-state index is 13.3. The maximum Gasteiger partial charge on any atom is 0.211 e. The fraction of sp³-hybridized carbons (Fsp3) is 0.240. The Morgan fingerprint density at radius 3 is 2.54 bits per heavy atom. The fourth-order valence-electron chi connectivity index (χ4n) is 3.99. The van der Waals surface area contributed by atoms with Crippen LogP contribution in [0.15, 0.2) is 64.2 Å². The molecule has 4 aromatic rings. The molecule has 0 saturated carbocycles. The van der Waals surface area contributed by atoms with Gasteiger partial charge in [-0.3, -0.25) is 14.8 Å². The molecular formula is C25H26N4O5S. The minimum Gasteiger partial charge on any atom is -0.455 e. The molecular weight excluding hydrogens is 468 g/mol. The summed E-state index contributed by atoms with van der Waals surface area (Å²) in [6.45, 7) is 5.51. The summed E-state index contributed by atoms with van der Waals surface area (Å²) in [6.07, 6.45) is 4.18. The quantitative estimate of drug-likeness (QED) is 0.332. The third kappa shape index (κ3) is 5.24. The van der Waals surface area contributed by atoms with Crippen LogP contribution >= 0.6 is 0 Å². The zero-order valence-corrected chi connectivity index (χ0v) is 20.6. The van der Waals surface area contributed by atoms with Crippen molar-refractivity contribution < 1.29 is 17.9 Å². The molecule has 35 heavy (non-hydrogen) atoms. The molecule has 10 heteroatoms. The second-order valence-electron chi connectivity index (χ2n) is 8.45. The molecule has 3 heterocycles. The molecule has 182 valence electrons. The topological polar surface area (TPSA) is 134 Å². The van der Waals surface area contributed by atoms with Gasteiger partial charge in [-0.25, -0.2) is 8.42 Å². The van der Waals surface area contributed by atoms with Crippen molar-refractivity contribution in [3.05, 3.63) is 87.6 Å². The lowest BCUT2D eigenvalue weighted by molar-refractivity contribution is 0.162. The molecule has 0 spiro atoms. The van der Waals surface area contributed by atoms with Gasteiger partial charge in [-0.05, 0) is 56.7 Å². The highest BCUT2D eigenvalue weighted by atomic mass is 32.2. The van der Waals surface area contributed by atoms with E-state index in [1.54, 1.807) is 43.6 Å². The standard InChI is InChI=1S/C25H26N4O5S/c1-14-11-18(16(3)28-20-8-6-10-27-21(20)25(31)29-35(4,32)33)24-19(12-14)22(30)15(2)23(34-24)17-7-5-9-26-13-17/h5-13,16,25,28-29,31H,1-4H3. The van der Waals surface area contributed by atoms with Gasteiger partial charge in [-0.2, -0.15) is 4.72 Å². The van der Waals surface area contributed by atoms with E-state index in [9.17, 15) is 18.3 Å². The average Bonchev–Trinajstić information content (AvgIpc) is 2.81. The summed E-state index contributed by atoms with van der Waals surface area (Å²) in [7, 11) is -3.67. The number of aliphatic hydroxyl groups excluding tert-OH is 1. The number of nitrogens with zero attached hydrogens (tertiary/aromatic N) is 2. The molecule has 0 radical (unpaired) electrons. The van der Waals surface area contributed by atoms with Crippen LogP contribution in [0.5, 0.6) is 0 Å². The lowest BCUT2D eigenvalue weighted by Gasteiger charge is -2.21. The van der Waals surface area contributed by atoms with Crippen molar-refractivity contribution in [2.75, 3.05) is 11.6 Å². The van der Waals surface area contributed by atoms with Crippen molar-refractivity contribution in [1.29, 1.82) is 0 Å². The van der Waals surface area contributed by atoms with Crippen molar-refractivity contribution in [2.45, 2.75) is 33.0 Å². The van der Waals surface area contributed by atoms with E-state index in [1.165, 1.54) is 6.20 Å². The molecule has 0 aliphatic carbocycles. The Kier molecular flexibility index (Phi) is 6.70. The summed E-state index contributed by atoms with van der Waals surface area (Å²) >= 11 is 0. The van der Waals surface area contributed by atoms with Crippen LogP contribution in [0.1, 0.15) is 41.6 Å². The Morgan fingerprint density at radius 2 is 1.86 bits per heavy atom. The molecule has 4 rings (SSSR count). The molecule has 0 saturated heterocycles. The van der Waals surface area contributed by atoms with Crippen molar-refractivity contribution in [1.82, 2.24) is 14.7 Å². The normalized spacial score (nSPS) is 13.5. The van der Waals surface area contributed by atoms with Gasteiger partial charge in [0.05, 0.1) is 23.4 Å². The van der Waals surface area contributed by atoms with Crippen LogP contribution in [0.25, 0.3) is 22.3 Å². The van der Waals surface area contributed by atoms with E-state index in [4.69, 9.17) is 4.42 Å². The minimum atomic E-state index is -3.67. The van der Waals surface area contributed by atoms with Gasteiger partial charge < -0.3 is 14.8 Å². The lowest BCUT2D eigenvalue weighted by atomic mass is 9.99. The first-order chi connectivity index (χ1) is 16.5. The number of nitrogens with one attached hydrogen (secondary N) is 2. The smallest absolute Gasteiger partial charge is 0.211 e. The van der Waals surface area contributed by atoms with Gasteiger partial charge in [0.15, 0.2) is 11.7 Å². The van der Waals surface area contributed by atoms with Gasteiger partial charge in [0.25, 0.3) is 0 Å². The van der Waals surface area contributed by atoms with Crippen LogP contribution in [0.2, 0.25) is 0 Å². The van der Waals surface area contributed by atoms with Gasteiger partial charge in [-0.1, -0.05) is 6.07 Å². The van der Waals surface area contributed by atoms with Crippen LogP contribution in [0, 0.1) is 13.8 Å². The number of sulfonamides is 1. The van der Waals surface area contributed by atoms with E-state index < -0.39 is 22.3 Å². The average molecular weight is 495 g/mol. The Bertz CT molecular complexity index is 1550. The van der Waals surface area contributed by atoms with Gasteiger partial charge in [-0.15, -0.1) is 0 Å². The van der Waals surface area contributed by atoms with Gasteiger partial charge in [0, 0.05) is 35.3 Å². The Labute approximate surface area is 202 Å². The van der Waals surface area contributed by atoms with Crippen LogP contribution in [-0.4, -0.2) is 29.7 Å². The van der Waals surface area contributed by atoms with E-state index in [0.717, 1.165) is 17.4 Å². The van der Waals surface area contributed by atoms with Crippen LogP contribution in [0.4, 0.5) is 5.69 Å². The molecule has 3 aromatic heterocycles. The molecule has 0 bridgehead atoms. The predicted molar refractivity (Wildman–Crippen MR) is 134 cm³/mol. The molecule has 0 aliphatic rings. The van der Waals surface area contributed by atoms with E-state index >= 15 is 0 Å². The Morgan fingerprint density at radius 1 is 1.11 bits per heavy atom.